The molecule has 2 aromatic heterocycles. The predicted octanol–water partition coefficient (Wildman–Crippen LogP) is 2.57. The number of morpholine rings is 1. The first-order chi connectivity index (χ1) is 13.3. The van der Waals surface area contributed by atoms with Crippen LogP contribution >= 0.6 is 0 Å². The van der Waals surface area contributed by atoms with Crippen molar-refractivity contribution < 1.29 is 17.9 Å². The van der Waals surface area contributed by atoms with Crippen molar-refractivity contribution in [1.29, 1.82) is 0 Å². The fraction of sp³-hybridized carbons (Fsp3) is 0.500. The van der Waals surface area contributed by atoms with Crippen molar-refractivity contribution in [2.75, 3.05) is 48.4 Å². The summed E-state index contributed by atoms with van der Waals surface area (Å²) in [6.45, 7) is 5.24. The monoisotopic (exact) mass is 394 g/mol. The SMILES string of the molecule is C[C@H]1COCCN1c1nc(-c2cnc(N)cc2C(F)(F)F)cc(N2CCC2)n1. The van der Waals surface area contributed by atoms with Crippen molar-refractivity contribution in [2.24, 2.45) is 0 Å². The van der Waals surface area contributed by atoms with Gasteiger partial charge in [0.2, 0.25) is 5.95 Å². The second kappa shape index (κ2) is 7.08. The lowest BCUT2D eigenvalue weighted by molar-refractivity contribution is -0.137. The second-order valence-corrected chi connectivity index (χ2v) is 7.02. The summed E-state index contributed by atoms with van der Waals surface area (Å²) in [4.78, 5) is 17.0. The molecule has 0 bridgehead atoms. The van der Waals surface area contributed by atoms with Crippen molar-refractivity contribution >= 4 is 17.6 Å². The predicted molar refractivity (Wildman–Crippen MR) is 99.1 cm³/mol. The third-order valence-electron chi connectivity index (χ3n) is 5.01. The Morgan fingerprint density at radius 1 is 1.18 bits per heavy atom. The van der Waals surface area contributed by atoms with E-state index in [1.807, 2.05) is 16.7 Å². The van der Waals surface area contributed by atoms with Gasteiger partial charge in [0.15, 0.2) is 0 Å². The largest absolute Gasteiger partial charge is 0.417 e. The molecular formula is C18H21F3N6O. The van der Waals surface area contributed by atoms with E-state index in [1.165, 1.54) is 0 Å². The summed E-state index contributed by atoms with van der Waals surface area (Å²) in [6, 6.07) is 2.47. The number of aromatic nitrogens is 3. The van der Waals surface area contributed by atoms with Crippen molar-refractivity contribution in [3.63, 3.8) is 0 Å². The standard InChI is InChI=1S/C18H21F3N6O/c1-11-10-28-6-5-27(11)17-24-14(8-16(25-17)26-3-2-4-26)12-9-23-15(22)7-13(12)18(19,20)21/h7-9,11H,2-6,10H2,1H3,(H2,22,23)/t11-/m0/s1. The quantitative estimate of drug-likeness (QED) is 0.857. The zero-order valence-corrected chi connectivity index (χ0v) is 15.4. The maximum absolute atomic E-state index is 13.6. The van der Waals surface area contributed by atoms with E-state index in [2.05, 4.69) is 15.0 Å². The van der Waals surface area contributed by atoms with Crippen LogP contribution in [0.3, 0.4) is 0 Å². The molecule has 2 aromatic rings. The second-order valence-electron chi connectivity index (χ2n) is 7.02. The van der Waals surface area contributed by atoms with Crippen molar-refractivity contribution in [1.82, 2.24) is 15.0 Å². The number of hydrogen-bond donors (Lipinski definition) is 1. The first-order valence-corrected chi connectivity index (χ1v) is 9.14. The number of nitrogens with two attached hydrogens (primary N) is 1. The summed E-state index contributed by atoms with van der Waals surface area (Å²) in [5.41, 5.74) is 4.73. The molecule has 7 nitrogen and oxygen atoms in total. The molecule has 0 unspecified atom stereocenters. The van der Waals surface area contributed by atoms with Crippen LogP contribution in [0.1, 0.15) is 18.9 Å². The fourth-order valence-corrected chi connectivity index (χ4v) is 3.33. The third-order valence-corrected chi connectivity index (χ3v) is 5.01. The molecule has 0 saturated carbocycles. The molecule has 0 radical (unpaired) electrons. The van der Waals surface area contributed by atoms with Crippen LogP contribution in [-0.2, 0) is 10.9 Å². The minimum atomic E-state index is -4.57. The average molecular weight is 394 g/mol. The highest BCUT2D eigenvalue weighted by atomic mass is 19.4. The van der Waals surface area contributed by atoms with E-state index < -0.39 is 11.7 Å². The molecule has 0 amide bonds. The van der Waals surface area contributed by atoms with Gasteiger partial charge in [-0.2, -0.15) is 18.2 Å². The van der Waals surface area contributed by atoms with Crippen LogP contribution in [0.15, 0.2) is 18.3 Å². The molecule has 2 aliphatic heterocycles. The molecule has 4 heterocycles. The van der Waals surface area contributed by atoms with Gasteiger partial charge in [-0.15, -0.1) is 0 Å². The first kappa shape index (κ1) is 18.7. The number of alkyl halides is 3. The van der Waals surface area contributed by atoms with E-state index in [4.69, 9.17) is 10.5 Å². The molecule has 0 spiro atoms. The molecule has 2 saturated heterocycles. The molecule has 2 fully saturated rings. The van der Waals surface area contributed by atoms with Gasteiger partial charge in [-0.3, -0.25) is 0 Å². The Morgan fingerprint density at radius 2 is 1.96 bits per heavy atom. The third kappa shape index (κ3) is 3.56. The average Bonchev–Trinajstić information content (AvgIpc) is 2.59. The van der Waals surface area contributed by atoms with Gasteiger partial charge in [0.25, 0.3) is 0 Å². The van der Waals surface area contributed by atoms with Crippen LogP contribution in [-0.4, -0.2) is 53.8 Å². The Labute approximate surface area is 160 Å². The number of anilines is 3. The number of nitrogen functional groups attached to an aromatic ring is 1. The van der Waals surface area contributed by atoms with Gasteiger partial charge >= 0.3 is 6.18 Å². The molecule has 4 rings (SSSR count). The van der Waals surface area contributed by atoms with E-state index in [-0.39, 0.29) is 23.1 Å². The van der Waals surface area contributed by atoms with Crippen LogP contribution < -0.4 is 15.5 Å². The van der Waals surface area contributed by atoms with Gasteiger partial charge in [0, 0.05) is 37.5 Å². The molecule has 10 heteroatoms. The van der Waals surface area contributed by atoms with Crippen molar-refractivity contribution in [3.05, 3.63) is 23.9 Å². The van der Waals surface area contributed by atoms with Crippen LogP contribution in [0.4, 0.5) is 30.8 Å². The van der Waals surface area contributed by atoms with E-state index in [1.54, 1.807) is 6.07 Å². The van der Waals surface area contributed by atoms with Gasteiger partial charge in [-0.1, -0.05) is 0 Å². The number of pyridine rings is 1. The molecule has 2 N–H and O–H groups in total. The summed E-state index contributed by atoms with van der Waals surface area (Å²) in [6.07, 6.45) is -2.41. The lowest BCUT2D eigenvalue weighted by atomic mass is 10.1. The maximum Gasteiger partial charge on any atom is 0.417 e. The van der Waals surface area contributed by atoms with Gasteiger partial charge in [0.1, 0.15) is 11.6 Å². The zero-order valence-electron chi connectivity index (χ0n) is 15.4. The van der Waals surface area contributed by atoms with E-state index in [0.29, 0.717) is 31.5 Å². The Kier molecular flexibility index (Phi) is 4.74. The van der Waals surface area contributed by atoms with E-state index >= 15 is 0 Å². The molecule has 0 aliphatic carbocycles. The highest BCUT2D eigenvalue weighted by molar-refractivity contribution is 5.69. The van der Waals surface area contributed by atoms with E-state index in [9.17, 15) is 13.2 Å². The Hall–Kier alpha value is -2.62. The summed E-state index contributed by atoms with van der Waals surface area (Å²) in [7, 11) is 0. The smallest absolute Gasteiger partial charge is 0.384 e. The molecule has 1 atom stereocenters. The number of halogens is 3. The summed E-state index contributed by atoms with van der Waals surface area (Å²) in [5.74, 6) is 0.838. The molecule has 28 heavy (non-hydrogen) atoms. The lowest BCUT2D eigenvalue weighted by Gasteiger charge is -2.36. The zero-order chi connectivity index (χ0) is 19.9. The topological polar surface area (TPSA) is 80.4 Å². The number of ether oxygens (including phenoxy) is 1. The van der Waals surface area contributed by atoms with Crippen LogP contribution in [0.5, 0.6) is 0 Å². The van der Waals surface area contributed by atoms with Gasteiger partial charge in [-0.05, 0) is 19.4 Å². The van der Waals surface area contributed by atoms with Gasteiger partial charge in [-0.25, -0.2) is 9.97 Å². The fourth-order valence-electron chi connectivity index (χ4n) is 3.33. The molecular weight excluding hydrogens is 373 g/mol. The highest BCUT2D eigenvalue weighted by Crippen LogP contribution is 2.38. The minimum absolute atomic E-state index is 0.0277. The Bertz CT molecular complexity index is 871. The Morgan fingerprint density at radius 3 is 2.61 bits per heavy atom. The van der Waals surface area contributed by atoms with Crippen LogP contribution in [0.25, 0.3) is 11.3 Å². The van der Waals surface area contributed by atoms with Crippen molar-refractivity contribution in [2.45, 2.75) is 25.6 Å². The molecule has 150 valence electrons. The summed E-state index contributed by atoms with van der Waals surface area (Å²) in [5, 5.41) is 0. The van der Waals surface area contributed by atoms with Gasteiger partial charge in [0.05, 0.1) is 30.5 Å². The minimum Gasteiger partial charge on any atom is -0.384 e. The lowest BCUT2D eigenvalue weighted by Crippen LogP contribution is -2.45. The molecule has 0 aromatic carbocycles. The maximum atomic E-state index is 13.6. The normalized spacial score (nSPS) is 20.2. The summed E-state index contributed by atoms with van der Waals surface area (Å²) < 4.78 is 46.3. The number of hydrogen-bond acceptors (Lipinski definition) is 7. The first-order valence-electron chi connectivity index (χ1n) is 9.14. The van der Waals surface area contributed by atoms with Crippen LogP contribution in [0, 0.1) is 0 Å². The van der Waals surface area contributed by atoms with E-state index in [0.717, 1.165) is 31.8 Å². The van der Waals surface area contributed by atoms with Crippen molar-refractivity contribution in [3.8, 4) is 11.3 Å². The highest BCUT2D eigenvalue weighted by Gasteiger charge is 2.35. The van der Waals surface area contributed by atoms with Gasteiger partial charge < -0.3 is 20.3 Å². The number of rotatable bonds is 3. The number of nitrogens with zero attached hydrogens (tertiary/aromatic N) is 5. The summed E-state index contributed by atoms with van der Waals surface area (Å²) >= 11 is 0. The Balaban J connectivity index is 1.84. The van der Waals surface area contributed by atoms with Crippen LogP contribution in [0.2, 0.25) is 0 Å². The molecule has 2 aliphatic rings.